The molecule has 2 fully saturated rings. The molecule has 3 atom stereocenters. The average Bonchev–Trinajstić information content (AvgIpc) is 3.21. The highest BCUT2D eigenvalue weighted by molar-refractivity contribution is 6.08. The summed E-state index contributed by atoms with van der Waals surface area (Å²) in [7, 11) is 0. The normalized spacial score (nSPS) is 25.0. The van der Waals surface area contributed by atoms with Crippen LogP contribution in [0.15, 0.2) is 18.2 Å². The molecule has 1 saturated carbocycles. The van der Waals surface area contributed by atoms with Crippen LogP contribution in [0.1, 0.15) is 37.5 Å². The van der Waals surface area contributed by atoms with Crippen LogP contribution >= 0.6 is 0 Å². The van der Waals surface area contributed by atoms with Gasteiger partial charge in [-0.25, -0.2) is 0 Å². The number of carbonyl (C=O) groups is 2. The van der Waals surface area contributed by atoms with Gasteiger partial charge < -0.3 is 9.84 Å². The maximum absolute atomic E-state index is 12.1. The smallest absolute Gasteiger partial charge is 0.233 e. The largest absolute Gasteiger partial charge is 0.494 e. The molecule has 2 aliphatic rings. The van der Waals surface area contributed by atoms with Crippen molar-refractivity contribution in [3.8, 4) is 5.75 Å². The SMILES string of the molecule is CCOc1ccc(C(C)O)cc1CN1C(=O)C2CC2C1=O. The Kier molecular flexibility index (Phi) is 3.45. The Labute approximate surface area is 123 Å². The van der Waals surface area contributed by atoms with E-state index in [0.717, 1.165) is 11.1 Å². The van der Waals surface area contributed by atoms with Gasteiger partial charge >= 0.3 is 0 Å². The van der Waals surface area contributed by atoms with Gasteiger partial charge in [0.05, 0.1) is 31.1 Å². The number of imide groups is 1. The number of hydrogen-bond donors (Lipinski definition) is 1. The van der Waals surface area contributed by atoms with E-state index in [9.17, 15) is 14.7 Å². The maximum Gasteiger partial charge on any atom is 0.233 e. The highest BCUT2D eigenvalue weighted by Gasteiger charge is 2.58. The van der Waals surface area contributed by atoms with Crippen molar-refractivity contribution in [2.45, 2.75) is 32.9 Å². The predicted octanol–water partition coefficient (Wildman–Crippen LogP) is 1.64. The molecule has 3 unspecified atom stereocenters. The lowest BCUT2D eigenvalue weighted by Gasteiger charge is -2.20. The zero-order chi connectivity index (χ0) is 15.1. The van der Waals surface area contributed by atoms with Crippen molar-refractivity contribution in [2.24, 2.45) is 11.8 Å². The number of nitrogens with zero attached hydrogens (tertiary/aromatic N) is 1. The van der Waals surface area contributed by atoms with Gasteiger partial charge in [0.2, 0.25) is 11.8 Å². The number of piperidine rings is 1. The van der Waals surface area contributed by atoms with E-state index in [0.29, 0.717) is 18.8 Å². The summed E-state index contributed by atoms with van der Waals surface area (Å²) in [4.78, 5) is 25.5. The molecule has 1 N–H and O–H groups in total. The van der Waals surface area contributed by atoms with E-state index in [-0.39, 0.29) is 30.2 Å². The second kappa shape index (κ2) is 5.15. The zero-order valence-electron chi connectivity index (χ0n) is 12.2. The minimum atomic E-state index is -0.599. The van der Waals surface area contributed by atoms with Crippen molar-refractivity contribution >= 4 is 11.8 Å². The van der Waals surface area contributed by atoms with Gasteiger partial charge in [0, 0.05) is 5.56 Å². The maximum atomic E-state index is 12.1. The minimum absolute atomic E-state index is 0.0742. The molecular formula is C16H19NO4. The Bertz CT molecular complexity index is 576. The first-order chi connectivity index (χ1) is 10.0. The van der Waals surface area contributed by atoms with Gasteiger partial charge in [-0.05, 0) is 38.0 Å². The van der Waals surface area contributed by atoms with E-state index in [2.05, 4.69) is 0 Å². The quantitative estimate of drug-likeness (QED) is 0.837. The fourth-order valence-corrected chi connectivity index (χ4v) is 2.86. The molecule has 0 aromatic heterocycles. The van der Waals surface area contributed by atoms with Crippen LogP contribution < -0.4 is 4.74 Å². The van der Waals surface area contributed by atoms with E-state index in [1.54, 1.807) is 25.1 Å². The molecule has 0 radical (unpaired) electrons. The first kappa shape index (κ1) is 14.1. The van der Waals surface area contributed by atoms with Crippen molar-refractivity contribution in [1.82, 2.24) is 4.90 Å². The van der Waals surface area contributed by atoms with Crippen molar-refractivity contribution < 1.29 is 19.4 Å². The Morgan fingerprint density at radius 1 is 1.33 bits per heavy atom. The summed E-state index contributed by atoms with van der Waals surface area (Å²) in [6.45, 7) is 4.29. The first-order valence-electron chi connectivity index (χ1n) is 7.31. The summed E-state index contributed by atoms with van der Waals surface area (Å²) in [6, 6.07) is 5.39. The average molecular weight is 289 g/mol. The summed E-state index contributed by atoms with van der Waals surface area (Å²) in [5.74, 6) is 0.328. The minimum Gasteiger partial charge on any atom is -0.494 e. The number of aliphatic hydroxyl groups is 1. The molecule has 5 nitrogen and oxygen atoms in total. The molecule has 3 rings (SSSR count). The third-order valence-corrected chi connectivity index (χ3v) is 4.15. The highest BCUT2D eigenvalue weighted by atomic mass is 16.5. The molecule has 1 aliphatic heterocycles. The molecule has 1 aromatic carbocycles. The summed E-state index contributed by atoms with van der Waals surface area (Å²) in [6.07, 6.45) is 0.109. The van der Waals surface area contributed by atoms with Crippen LogP contribution in [0.25, 0.3) is 0 Å². The number of fused-ring (bicyclic) bond motifs is 1. The fraction of sp³-hybridized carbons (Fsp3) is 0.500. The van der Waals surface area contributed by atoms with Crippen LogP contribution in [0.2, 0.25) is 0 Å². The number of benzene rings is 1. The lowest BCUT2D eigenvalue weighted by molar-refractivity contribution is -0.142. The van der Waals surface area contributed by atoms with Crippen LogP contribution in [0.3, 0.4) is 0 Å². The van der Waals surface area contributed by atoms with Gasteiger partial charge in [0.15, 0.2) is 0 Å². The first-order valence-corrected chi connectivity index (χ1v) is 7.31. The van der Waals surface area contributed by atoms with E-state index < -0.39 is 6.10 Å². The van der Waals surface area contributed by atoms with Gasteiger partial charge in [-0.1, -0.05) is 6.07 Å². The van der Waals surface area contributed by atoms with Gasteiger partial charge in [-0.3, -0.25) is 14.5 Å². The van der Waals surface area contributed by atoms with Crippen molar-refractivity contribution in [3.05, 3.63) is 29.3 Å². The Balaban J connectivity index is 1.87. The zero-order valence-corrected chi connectivity index (χ0v) is 12.2. The lowest BCUT2D eigenvalue weighted by Crippen LogP contribution is -2.32. The van der Waals surface area contributed by atoms with Gasteiger partial charge in [0.25, 0.3) is 0 Å². The van der Waals surface area contributed by atoms with Crippen LogP contribution in [-0.4, -0.2) is 28.4 Å². The van der Waals surface area contributed by atoms with Gasteiger partial charge in [-0.2, -0.15) is 0 Å². The van der Waals surface area contributed by atoms with Gasteiger partial charge in [0.1, 0.15) is 5.75 Å². The molecule has 1 heterocycles. The van der Waals surface area contributed by atoms with E-state index >= 15 is 0 Å². The number of carbonyl (C=O) groups excluding carboxylic acids is 2. The molecule has 21 heavy (non-hydrogen) atoms. The third kappa shape index (κ3) is 2.42. The Hall–Kier alpha value is -1.88. The summed E-state index contributed by atoms with van der Waals surface area (Å²) < 4.78 is 5.56. The molecule has 0 bridgehead atoms. The van der Waals surface area contributed by atoms with E-state index in [4.69, 9.17) is 4.74 Å². The summed E-state index contributed by atoms with van der Waals surface area (Å²) >= 11 is 0. The van der Waals surface area contributed by atoms with Crippen molar-refractivity contribution in [2.75, 3.05) is 6.61 Å². The highest BCUT2D eigenvalue weighted by Crippen LogP contribution is 2.47. The van der Waals surface area contributed by atoms with E-state index in [1.807, 2.05) is 6.92 Å². The van der Waals surface area contributed by atoms with Crippen LogP contribution in [0.4, 0.5) is 0 Å². The second-order valence-electron chi connectivity index (χ2n) is 5.69. The van der Waals surface area contributed by atoms with E-state index in [1.165, 1.54) is 4.90 Å². The number of rotatable bonds is 5. The number of amides is 2. The number of likely N-dealkylation sites (tertiary alicyclic amines) is 1. The van der Waals surface area contributed by atoms with Crippen LogP contribution in [-0.2, 0) is 16.1 Å². The molecular weight excluding hydrogens is 270 g/mol. The third-order valence-electron chi connectivity index (χ3n) is 4.15. The molecule has 1 aliphatic carbocycles. The van der Waals surface area contributed by atoms with Crippen molar-refractivity contribution in [1.29, 1.82) is 0 Å². The Morgan fingerprint density at radius 3 is 2.57 bits per heavy atom. The molecule has 2 amide bonds. The Morgan fingerprint density at radius 2 is 2.00 bits per heavy atom. The number of ether oxygens (including phenoxy) is 1. The second-order valence-corrected chi connectivity index (χ2v) is 5.69. The van der Waals surface area contributed by atoms with Crippen LogP contribution in [0.5, 0.6) is 5.75 Å². The number of aliphatic hydroxyl groups excluding tert-OH is 1. The molecule has 112 valence electrons. The lowest BCUT2D eigenvalue weighted by atomic mass is 10.1. The predicted molar refractivity (Wildman–Crippen MR) is 75.4 cm³/mol. The van der Waals surface area contributed by atoms with Crippen molar-refractivity contribution in [3.63, 3.8) is 0 Å². The van der Waals surface area contributed by atoms with Crippen LogP contribution in [0, 0.1) is 11.8 Å². The standard InChI is InChI=1S/C16H19NO4/c1-3-21-14-5-4-10(9(2)18)6-11(14)8-17-15(19)12-7-13(12)16(17)20/h4-6,9,12-13,18H,3,7-8H2,1-2H3. The number of hydrogen-bond acceptors (Lipinski definition) is 4. The molecule has 1 aromatic rings. The van der Waals surface area contributed by atoms with Gasteiger partial charge in [-0.15, -0.1) is 0 Å². The molecule has 0 spiro atoms. The molecule has 5 heteroatoms. The monoisotopic (exact) mass is 289 g/mol. The molecule has 1 saturated heterocycles. The fourth-order valence-electron chi connectivity index (χ4n) is 2.86. The summed E-state index contributed by atoms with van der Waals surface area (Å²) in [5.41, 5.74) is 1.51. The summed E-state index contributed by atoms with van der Waals surface area (Å²) in [5, 5.41) is 9.69. The topological polar surface area (TPSA) is 66.8 Å².